The van der Waals surface area contributed by atoms with Crippen LogP contribution in [0.5, 0.6) is 5.75 Å². The van der Waals surface area contributed by atoms with Crippen molar-refractivity contribution >= 4 is 0 Å². The first-order valence-corrected chi connectivity index (χ1v) is 6.95. The molecule has 0 fully saturated rings. The van der Waals surface area contributed by atoms with Gasteiger partial charge in [0.05, 0.1) is 5.92 Å². The van der Waals surface area contributed by atoms with E-state index in [1.54, 1.807) is 0 Å². The van der Waals surface area contributed by atoms with Crippen molar-refractivity contribution in [3.05, 3.63) is 41.5 Å². The van der Waals surface area contributed by atoms with E-state index in [0.717, 1.165) is 11.3 Å². The summed E-state index contributed by atoms with van der Waals surface area (Å²) in [7, 11) is 0. The first kappa shape index (κ1) is 13.1. The molecular weight excluding hydrogens is 254 g/mol. The van der Waals surface area contributed by atoms with E-state index < -0.39 is 0 Å². The van der Waals surface area contributed by atoms with Gasteiger partial charge < -0.3 is 15.0 Å². The van der Waals surface area contributed by atoms with E-state index in [9.17, 15) is 0 Å². The van der Waals surface area contributed by atoms with Gasteiger partial charge in [-0.3, -0.25) is 0 Å². The largest absolute Gasteiger partial charge is 0.492 e. The van der Waals surface area contributed by atoms with Gasteiger partial charge in [-0.25, -0.2) is 0 Å². The molecule has 5 heteroatoms. The monoisotopic (exact) mass is 273 g/mol. The van der Waals surface area contributed by atoms with Crippen LogP contribution in [0.25, 0.3) is 0 Å². The van der Waals surface area contributed by atoms with Crippen LogP contribution in [0, 0.1) is 5.92 Å². The van der Waals surface area contributed by atoms with Gasteiger partial charge in [0.2, 0.25) is 5.89 Å². The Kier molecular flexibility index (Phi) is 3.44. The van der Waals surface area contributed by atoms with Crippen LogP contribution >= 0.6 is 0 Å². The van der Waals surface area contributed by atoms with Crippen LogP contribution in [0.1, 0.15) is 37.0 Å². The number of hydrogen-bond donors (Lipinski definition) is 1. The summed E-state index contributed by atoms with van der Waals surface area (Å²) in [5.41, 5.74) is 7.15. The Morgan fingerprint density at radius 1 is 1.35 bits per heavy atom. The fraction of sp³-hybridized carbons (Fsp3) is 0.467. The Labute approximate surface area is 118 Å². The van der Waals surface area contributed by atoms with Gasteiger partial charge in [0, 0.05) is 18.0 Å². The number of nitrogens with two attached hydrogens (primary N) is 1. The van der Waals surface area contributed by atoms with E-state index in [2.05, 4.69) is 24.0 Å². The lowest BCUT2D eigenvalue weighted by molar-refractivity contribution is 0.328. The second kappa shape index (κ2) is 5.25. The fourth-order valence-corrected chi connectivity index (χ4v) is 2.31. The molecule has 0 saturated heterocycles. The van der Waals surface area contributed by atoms with Crippen molar-refractivity contribution in [2.24, 2.45) is 11.7 Å². The lowest BCUT2D eigenvalue weighted by Gasteiger charge is -2.12. The van der Waals surface area contributed by atoms with Crippen molar-refractivity contribution in [2.75, 3.05) is 6.61 Å². The molecule has 1 aromatic heterocycles. The number of hydrogen-bond acceptors (Lipinski definition) is 5. The smallest absolute Gasteiger partial charge is 0.228 e. The lowest BCUT2D eigenvalue weighted by Crippen LogP contribution is -2.28. The summed E-state index contributed by atoms with van der Waals surface area (Å²) in [6.45, 7) is 4.74. The van der Waals surface area contributed by atoms with Crippen LogP contribution in [0.3, 0.4) is 0 Å². The van der Waals surface area contributed by atoms with E-state index in [1.807, 2.05) is 24.3 Å². The van der Waals surface area contributed by atoms with Crippen LogP contribution in [0.15, 0.2) is 28.8 Å². The minimum atomic E-state index is 0.0374. The van der Waals surface area contributed by atoms with Crippen molar-refractivity contribution in [3.8, 4) is 5.75 Å². The van der Waals surface area contributed by atoms with E-state index >= 15 is 0 Å². The predicted molar refractivity (Wildman–Crippen MR) is 74.6 cm³/mol. The Hall–Kier alpha value is -1.88. The Morgan fingerprint density at radius 3 is 2.95 bits per heavy atom. The van der Waals surface area contributed by atoms with Crippen molar-refractivity contribution in [1.82, 2.24) is 10.1 Å². The standard InChI is InChI=1S/C15H19N3O2/c1-9(2)12(16)7-14-17-15(18-20-14)11-8-19-13-6-4-3-5-10(11)13/h3-6,9,11-12H,7-8,16H2,1-2H3. The molecule has 0 bridgehead atoms. The highest BCUT2D eigenvalue weighted by Gasteiger charge is 2.29. The molecule has 2 unspecified atom stereocenters. The summed E-state index contributed by atoms with van der Waals surface area (Å²) < 4.78 is 11.0. The Balaban J connectivity index is 1.78. The predicted octanol–water partition coefficient (Wildman–Crippen LogP) is 2.12. The summed E-state index contributed by atoms with van der Waals surface area (Å²) >= 11 is 0. The number of aromatic nitrogens is 2. The highest BCUT2D eigenvalue weighted by Crippen LogP contribution is 2.36. The highest BCUT2D eigenvalue weighted by atomic mass is 16.5. The normalized spacial score (nSPS) is 18.9. The molecule has 1 aliphatic heterocycles. The van der Waals surface area contributed by atoms with Gasteiger partial charge in [0.15, 0.2) is 5.82 Å². The number of para-hydroxylation sites is 1. The molecule has 2 N–H and O–H groups in total. The molecule has 0 aliphatic carbocycles. The second-order valence-corrected chi connectivity index (χ2v) is 5.56. The zero-order chi connectivity index (χ0) is 14.1. The topological polar surface area (TPSA) is 74.2 Å². The van der Waals surface area contributed by atoms with Gasteiger partial charge in [-0.1, -0.05) is 37.2 Å². The van der Waals surface area contributed by atoms with Gasteiger partial charge in [0.1, 0.15) is 12.4 Å². The molecule has 3 rings (SSSR count). The molecule has 2 atom stereocenters. The molecule has 106 valence electrons. The number of rotatable bonds is 4. The molecule has 5 nitrogen and oxygen atoms in total. The molecule has 0 spiro atoms. The molecule has 0 radical (unpaired) electrons. The van der Waals surface area contributed by atoms with Crippen LogP contribution in [-0.2, 0) is 6.42 Å². The quantitative estimate of drug-likeness (QED) is 0.923. The molecule has 0 amide bonds. The van der Waals surface area contributed by atoms with Crippen LogP contribution in [0.4, 0.5) is 0 Å². The van der Waals surface area contributed by atoms with Crippen molar-refractivity contribution in [2.45, 2.75) is 32.2 Å². The average molecular weight is 273 g/mol. The maximum Gasteiger partial charge on any atom is 0.228 e. The summed E-state index contributed by atoms with van der Waals surface area (Å²) in [6.07, 6.45) is 0.611. The summed E-state index contributed by atoms with van der Waals surface area (Å²) in [6, 6.07) is 8.00. The minimum absolute atomic E-state index is 0.0374. The molecule has 1 aliphatic rings. The van der Waals surface area contributed by atoms with Crippen LogP contribution in [0.2, 0.25) is 0 Å². The van der Waals surface area contributed by atoms with E-state index in [0.29, 0.717) is 30.7 Å². The summed E-state index contributed by atoms with van der Waals surface area (Å²) in [5.74, 6) is 2.63. The third-order valence-electron chi connectivity index (χ3n) is 3.76. The SMILES string of the molecule is CC(C)C(N)Cc1nc(C2COc3ccccc32)no1. The first-order chi connectivity index (χ1) is 9.65. The number of benzene rings is 1. The molecule has 1 aromatic carbocycles. The molecular formula is C15H19N3O2. The molecule has 20 heavy (non-hydrogen) atoms. The Bertz CT molecular complexity index is 594. The number of ether oxygens (including phenoxy) is 1. The van der Waals surface area contributed by atoms with Gasteiger partial charge >= 0.3 is 0 Å². The number of nitrogens with zero attached hydrogens (tertiary/aromatic N) is 2. The third kappa shape index (κ3) is 2.41. The number of fused-ring (bicyclic) bond motifs is 1. The molecule has 2 aromatic rings. The molecule has 0 saturated carbocycles. The van der Waals surface area contributed by atoms with E-state index in [-0.39, 0.29) is 12.0 Å². The molecule has 2 heterocycles. The second-order valence-electron chi connectivity index (χ2n) is 5.56. The Morgan fingerprint density at radius 2 is 2.15 bits per heavy atom. The van der Waals surface area contributed by atoms with E-state index in [4.69, 9.17) is 15.0 Å². The summed E-state index contributed by atoms with van der Waals surface area (Å²) in [4.78, 5) is 4.48. The zero-order valence-corrected chi connectivity index (χ0v) is 11.7. The third-order valence-corrected chi connectivity index (χ3v) is 3.76. The lowest BCUT2D eigenvalue weighted by atomic mass is 10.0. The van der Waals surface area contributed by atoms with Crippen molar-refractivity contribution in [3.63, 3.8) is 0 Å². The maximum atomic E-state index is 6.04. The van der Waals surface area contributed by atoms with Gasteiger partial charge in [-0.15, -0.1) is 0 Å². The fourth-order valence-electron chi connectivity index (χ4n) is 2.31. The van der Waals surface area contributed by atoms with Crippen LogP contribution < -0.4 is 10.5 Å². The van der Waals surface area contributed by atoms with Gasteiger partial charge in [-0.2, -0.15) is 4.98 Å². The van der Waals surface area contributed by atoms with Crippen molar-refractivity contribution in [1.29, 1.82) is 0 Å². The van der Waals surface area contributed by atoms with Gasteiger partial charge in [-0.05, 0) is 12.0 Å². The zero-order valence-electron chi connectivity index (χ0n) is 11.7. The average Bonchev–Trinajstić information content (AvgIpc) is 3.04. The minimum Gasteiger partial charge on any atom is -0.492 e. The first-order valence-electron chi connectivity index (χ1n) is 6.95. The van der Waals surface area contributed by atoms with Crippen molar-refractivity contribution < 1.29 is 9.26 Å². The maximum absolute atomic E-state index is 6.04. The van der Waals surface area contributed by atoms with E-state index in [1.165, 1.54) is 0 Å². The van der Waals surface area contributed by atoms with Gasteiger partial charge in [0.25, 0.3) is 0 Å². The highest BCUT2D eigenvalue weighted by molar-refractivity contribution is 5.42. The summed E-state index contributed by atoms with van der Waals surface area (Å²) in [5, 5.41) is 4.09. The van der Waals surface area contributed by atoms with Crippen LogP contribution in [-0.4, -0.2) is 22.8 Å².